The Morgan fingerprint density at radius 3 is 1.92 bits per heavy atom. The summed E-state index contributed by atoms with van der Waals surface area (Å²) in [6, 6.07) is 10.4. The molecule has 2 rings (SSSR count). The summed E-state index contributed by atoms with van der Waals surface area (Å²) in [6.45, 7) is 5.44. The number of alkyl halides is 3. The van der Waals surface area contributed by atoms with Crippen LogP contribution in [-0.2, 0) is 16.5 Å². The predicted molar refractivity (Wildman–Crippen MR) is 86.3 cm³/mol. The molecule has 0 spiro atoms. The number of rotatable bonds is 4. The van der Waals surface area contributed by atoms with Crippen molar-refractivity contribution in [3.05, 3.63) is 53.1 Å². The summed E-state index contributed by atoms with van der Waals surface area (Å²) in [6.07, 6.45) is 0.903. The first-order valence-electron chi connectivity index (χ1n) is 7.26. The van der Waals surface area contributed by atoms with E-state index in [9.17, 15) is 21.6 Å². The lowest BCUT2D eigenvalue weighted by Crippen LogP contribution is -2.28. The average molecular weight is 358 g/mol. The first-order valence-corrected chi connectivity index (χ1v) is 8.67. The first-order chi connectivity index (χ1) is 11.0. The van der Waals surface area contributed by atoms with Gasteiger partial charge in [-0.2, -0.15) is 21.6 Å². The number of aryl methyl sites for hydroxylation is 3. The zero-order valence-corrected chi connectivity index (χ0v) is 14.3. The van der Waals surface area contributed by atoms with E-state index in [2.05, 4.69) is 4.18 Å². The largest absolute Gasteiger partial charge is 0.534 e. The van der Waals surface area contributed by atoms with Crippen molar-refractivity contribution in [3.8, 4) is 16.9 Å². The van der Waals surface area contributed by atoms with Crippen molar-refractivity contribution in [3.63, 3.8) is 0 Å². The molecular weight excluding hydrogens is 341 g/mol. The van der Waals surface area contributed by atoms with Crippen molar-refractivity contribution in [1.82, 2.24) is 0 Å². The molecule has 2 aromatic carbocycles. The van der Waals surface area contributed by atoms with Gasteiger partial charge in [0.2, 0.25) is 0 Å². The van der Waals surface area contributed by atoms with Crippen LogP contribution in [0.1, 0.15) is 23.6 Å². The van der Waals surface area contributed by atoms with E-state index in [-0.39, 0.29) is 5.75 Å². The molecule has 130 valence electrons. The number of hydrogen-bond donors (Lipinski definition) is 0. The lowest BCUT2D eigenvalue weighted by Gasteiger charge is -2.15. The molecule has 0 aliphatic rings. The highest BCUT2D eigenvalue weighted by Gasteiger charge is 2.48. The fourth-order valence-corrected chi connectivity index (χ4v) is 2.95. The summed E-state index contributed by atoms with van der Waals surface area (Å²) < 4.78 is 63.7. The number of halogens is 3. The van der Waals surface area contributed by atoms with E-state index in [0.717, 1.165) is 17.5 Å². The third-order valence-electron chi connectivity index (χ3n) is 3.65. The van der Waals surface area contributed by atoms with Gasteiger partial charge in [0.15, 0.2) is 0 Å². The third kappa shape index (κ3) is 3.72. The Morgan fingerprint density at radius 1 is 1.00 bits per heavy atom. The van der Waals surface area contributed by atoms with Gasteiger partial charge in [-0.25, -0.2) is 0 Å². The zero-order chi connectivity index (χ0) is 18.1. The molecule has 0 atom stereocenters. The van der Waals surface area contributed by atoms with Gasteiger partial charge in [0, 0.05) is 0 Å². The summed E-state index contributed by atoms with van der Waals surface area (Å²) in [7, 11) is -5.67. The van der Waals surface area contributed by atoms with E-state index in [0.29, 0.717) is 11.1 Å². The van der Waals surface area contributed by atoms with Crippen LogP contribution in [0.3, 0.4) is 0 Å². The summed E-state index contributed by atoms with van der Waals surface area (Å²) in [4.78, 5) is 0. The number of benzene rings is 2. The average Bonchev–Trinajstić information content (AvgIpc) is 2.45. The van der Waals surface area contributed by atoms with E-state index in [4.69, 9.17) is 0 Å². The fraction of sp³-hybridized carbons (Fsp3) is 0.294. The molecule has 0 fully saturated rings. The molecule has 24 heavy (non-hydrogen) atoms. The standard InChI is InChI=1S/C17H17F3O3S/c1-4-13-5-7-14(8-6-13)16-11(2)9-15(10-12(16)3)23-24(21,22)17(18,19)20/h5-10H,4H2,1-3H3. The van der Waals surface area contributed by atoms with E-state index in [1.54, 1.807) is 13.8 Å². The van der Waals surface area contributed by atoms with Gasteiger partial charge in [-0.1, -0.05) is 31.2 Å². The van der Waals surface area contributed by atoms with Gasteiger partial charge < -0.3 is 4.18 Å². The lowest BCUT2D eigenvalue weighted by atomic mass is 9.94. The summed E-state index contributed by atoms with van der Waals surface area (Å²) >= 11 is 0. The fourth-order valence-electron chi connectivity index (χ4n) is 2.51. The minimum absolute atomic E-state index is 0.351. The summed E-state index contributed by atoms with van der Waals surface area (Å²) in [5.74, 6) is -0.351. The van der Waals surface area contributed by atoms with Crippen molar-refractivity contribution in [2.24, 2.45) is 0 Å². The molecule has 0 amide bonds. The molecule has 7 heteroatoms. The molecule has 0 N–H and O–H groups in total. The normalized spacial score (nSPS) is 12.2. The maximum atomic E-state index is 12.4. The van der Waals surface area contributed by atoms with Crippen molar-refractivity contribution in [2.75, 3.05) is 0 Å². The number of hydrogen-bond acceptors (Lipinski definition) is 3. The van der Waals surface area contributed by atoms with Crippen LogP contribution in [0.15, 0.2) is 36.4 Å². The molecular formula is C17H17F3O3S. The Morgan fingerprint density at radius 2 is 1.50 bits per heavy atom. The monoisotopic (exact) mass is 358 g/mol. The third-order valence-corrected chi connectivity index (χ3v) is 4.63. The summed E-state index contributed by atoms with van der Waals surface area (Å²) in [5.41, 5.74) is -1.27. The molecule has 0 saturated carbocycles. The van der Waals surface area contributed by atoms with Gasteiger partial charge in [0.1, 0.15) is 5.75 Å². The van der Waals surface area contributed by atoms with E-state index >= 15 is 0 Å². The van der Waals surface area contributed by atoms with Crippen molar-refractivity contribution < 1.29 is 25.8 Å². The second kappa shape index (κ2) is 6.47. The van der Waals surface area contributed by atoms with Crippen LogP contribution in [0.4, 0.5) is 13.2 Å². The molecule has 0 aliphatic carbocycles. The van der Waals surface area contributed by atoms with Gasteiger partial charge in [-0.3, -0.25) is 0 Å². The Labute approximate surface area is 139 Å². The van der Waals surface area contributed by atoms with E-state index < -0.39 is 15.6 Å². The Balaban J connectivity index is 2.42. The van der Waals surface area contributed by atoms with Gasteiger partial charge in [-0.15, -0.1) is 0 Å². The predicted octanol–water partition coefficient (Wildman–Crippen LogP) is 4.76. The lowest BCUT2D eigenvalue weighted by molar-refractivity contribution is -0.0500. The molecule has 0 unspecified atom stereocenters. The van der Waals surface area contributed by atoms with Crippen molar-refractivity contribution in [2.45, 2.75) is 32.7 Å². The molecule has 0 bridgehead atoms. The Kier molecular flexibility index (Phi) is 4.94. The second-order valence-corrected chi connectivity index (χ2v) is 7.00. The van der Waals surface area contributed by atoms with Crippen LogP contribution >= 0.6 is 0 Å². The van der Waals surface area contributed by atoms with Gasteiger partial charge in [0.25, 0.3) is 0 Å². The second-order valence-electron chi connectivity index (χ2n) is 5.47. The van der Waals surface area contributed by atoms with Crippen LogP contribution in [0.5, 0.6) is 5.75 Å². The molecule has 0 saturated heterocycles. The van der Waals surface area contributed by atoms with Crippen LogP contribution < -0.4 is 4.18 Å². The Bertz CT molecular complexity index is 815. The molecule has 2 aromatic rings. The smallest absolute Gasteiger partial charge is 0.376 e. The minimum atomic E-state index is -5.67. The van der Waals surface area contributed by atoms with Crippen molar-refractivity contribution in [1.29, 1.82) is 0 Å². The van der Waals surface area contributed by atoms with Crippen LogP contribution in [0, 0.1) is 13.8 Å². The van der Waals surface area contributed by atoms with Crippen LogP contribution in [0.2, 0.25) is 0 Å². The first kappa shape index (κ1) is 18.3. The highest BCUT2D eigenvalue weighted by atomic mass is 32.2. The maximum Gasteiger partial charge on any atom is 0.534 e. The van der Waals surface area contributed by atoms with Gasteiger partial charge in [0.05, 0.1) is 0 Å². The summed E-state index contributed by atoms with van der Waals surface area (Å²) in [5, 5.41) is 0. The quantitative estimate of drug-likeness (QED) is 0.585. The minimum Gasteiger partial charge on any atom is -0.376 e. The van der Waals surface area contributed by atoms with Crippen LogP contribution in [0.25, 0.3) is 11.1 Å². The molecule has 0 radical (unpaired) electrons. The topological polar surface area (TPSA) is 43.4 Å². The molecule has 0 heterocycles. The van der Waals surface area contributed by atoms with Crippen molar-refractivity contribution >= 4 is 10.1 Å². The Hall–Kier alpha value is -2.02. The zero-order valence-electron chi connectivity index (χ0n) is 13.4. The molecule has 0 aliphatic heterocycles. The van der Waals surface area contributed by atoms with E-state index in [1.807, 2.05) is 31.2 Å². The molecule has 3 nitrogen and oxygen atoms in total. The van der Waals surface area contributed by atoms with E-state index in [1.165, 1.54) is 17.7 Å². The van der Waals surface area contributed by atoms with Crippen LogP contribution in [-0.4, -0.2) is 13.9 Å². The highest BCUT2D eigenvalue weighted by molar-refractivity contribution is 7.88. The molecule has 0 aromatic heterocycles. The SMILES string of the molecule is CCc1ccc(-c2c(C)cc(OS(=O)(=O)C(F)(F)F)cc2C)cc1. The highest BCUT2D eigenvalue weighted by Crippen LogP contribution is 2.33. The van der Waals surface area contributed by atoms with Gasteiger partial charge in [-0.05, 0) is 60.2 Å². The van der Waals surface area contributed by atoms with Gasteiger partial charge >= 0.3 is 15.6 Å². The maximum absolute atomic E-state index is 12.4.